The molecule has 0 amide bonds. The Labute approximate surface area is 123 Å². The van der Waals surface area contributed by atoms with Gasteiger partial charge in [-0.2, -0.15) is 0 Å². The Kier molecular flexibility index (Phi) is 5.29. The second kappa shape index (κ2) is 6.97. The first-order valence-electron chi connectivity index (χ1n) is 6.79. The number of benzene rings is 1. The van der Waals surface area contributed by atoms with Crippen LogP contribution < -0.4 is 5.32 Å². The maximum Gasteiger partial charge on any atom is 0.131 e. The smallest absolute Gasteiger partial charge is 0.131 e. The highest BCUT2D eigenvalue weighted by atomic mass is 32.1. The third-order valence-corrected chi connectivity index (χ3v) is 4.17. The molecule has 0 aliphatic heterocycles. The number of aliphatic hydroxyl groups is 1. The van der Waals surface area contributed by atoms with E-state index in [1.807, 2.05) is 37.4 Å². The number of hydrogen-bond acceptors (Lipinski definition) is 3. The van der Waals surface area contributed by atoms with Crippen molar-refractivity contribution in [1.29, 1.82) is 0 Å². The summed E-state index contributed by atoms with van der Waals surface area (Å²) in [5.74, 6) is 0.0378. The quantitative estimate of drug-likeness (QED) is 0.852. The van der Waals surface area contributed by atoms with Gasteiger partial charge in [0.1, 0.15) is 5.82 Å². The Bertz CT molecular complexity index is 539. The summed E-state index contributed by atoms with van der Waals surface area (Å²) in [6.07, 6.45) is -0.354. The highest BCUT2D eigenvalue weighted by molar-refractivity contribution is 7.13. The molecule has 0 spiro atoms. The van der Waals surface area contributed by atoms with Gasteiger partial charge in [0.05, 0.1) is 6.10 Å². The van der Waals surface area contributed by atoms with E-state index in [1.165, 1.54) is 17.4 Å². The van der Waals surface area contributed by atoms with Crippen LogP contribution in [0.3, 0.4) is 0 Å². The number of rotatable bonds is 6. The molecule has 0 aliphatic carbocycles. The van der Waals surface area contributed by atoms with Crippen molar-refractivity contribution in [2.24, 2.45) is 5.92 Å². The molecule has 0 aliphatic rings. The van der Waals surface area contributed by atoms with Crippen LogP contribution in [0.4, 0.5) is 4.39 Å². The zero-order valence-electron chi connectivity index (χ0n) is 11.8. The van der Waals surface area contributed by atoms with Crippen molar-refractivity contribution in [3.8, 4) is 10.4 Å². The molecule has 2 rings (SSSR count). The van der Waals surface area contributed by atoms with Gasteiger partial charge in [0.25, 0.3) is 0 Å². The Morgan fingerprint density at radius 2 is 2.10 bits per heavy atom. The number of nitrogens with one attached hydrogen (secondary N) is 1. The molecule has 1 aromatic heterocycles. The van der Waals surface area contributed by atoms with E-state index in [0.717, 1.165) is 10.4 Å². The molecule has 2 nitrogen and oxygen atoms in total. The van der Waals surface area contributed by atoms with Gasteiger partial charge < -0.3 is 10.4 Å². The fraction of sp³-hybridized carbons (Fsp3) is 0.375. The van der Waals surface area contributed by atoms with Crippen LogP contribution in [0, 0.1) is 11.7 Å². The average molecular weight is 293 g/mol. The lowest BCUT2D eigenvalue weighted by molar-refractivity contribution is 0.123. The molecule has 1 aromatic carbocycles. The van der Waals surface area contributed by atoms with Crippen molar-refractivity contribution in [2.75, 3.05) is 6.54 Å². The average Bonchev–Trinajstić information content (AvgIpc) is 2.94. The monoisotopic (exact) mass is 293 g/mol. The largest absolute Gasteiger partial charge is 0.392 e. The highest BCUT2D eigenvalue weighted by Crippen LogP contribution is 2.28. The lowest BCUT2D eigenvalue weighted by atomic mass is 10.1. The lowest BCUT2D eigenvalue weighted by Gasteiger charge is -2.15. The summed E-state index contributed by atoms with van der Waals surface area (Å²) in [6.45, 7) is 5.14. The van der Waals surface area contributed by atoms with E-state index in [2.05, 4.69) is 5.32 Å². The molecular formula is C16H20FNOS. The van der Waals surface area contributed by atoms with Gasteiger partial charge in [0.2, 0.25) is 0 Å². The van der Waals surface area contributed by atoms with Crippen molar-refractivity contribution in [3.63, 3.8) is 0 Å². The molecule has 4 heteroatoms. The number of halogens is 1. The van der Waals surface area contributed by atoms with E-state index in [4.69, 9.17) is 0 Å². The van der Waals surface area contributed by atoms with Crippen LogP contribution in [0.5, 0.6) is 0 Å². The first-order valence-corrected chi connectivity index (χ1v) is 7.67. The zero-order valence-corrected chi connectivity index (χ0v) is 12.6. The minimum Gasteiger partial charge on any atom is -0.392 e. The molecule has 1 unspecified atom stereocenters. The minimum atomic E-state index is -0.354. The van der Waals surface area contributed by atoms with Crippen LogP contribution in [-0.4, -0.2) is 17.8 Å². The van der Waals surface area contributed by atoms with E-state index < -0.39 is 0 Å². The second-order valence-electron chi connectivity index (χ2n) is 5.23. The number of aliphatic hydroxyl groups excluding tert-OH is 1. The van der Waals surface area contributed by atoms with Crippen molar-refractivity contribution < 1.29 is 9.50 Å². The molecule has 0 saturated carbocycles. The highest BCUT2D eigenvalue weighted by Gasteiger charge is 2.10. The maximum atomic E-state index is 13.8. The molecule has 0 saturated heterocycles. The summed E-state index contributed by atoms with van der Waals surface area (Å²) in [7, 11) is 0. The zero-order chi connectivity index (χ0) is 14.5. The van der Waals surface area contributed by atoms with E-state index >= 15 is 0 Å². The van der Waals surface area contributed by atoms with Crippen molar-refractivity contribution in [3.05, 3.63) is 47.1 Å². The van der Waals surface area contributed by atoms with Crippen LogP contribution in [0.1, 0.15) is 19.4 Å². The molecule has 1 heterocycles. The van der Waals surface area contributed by atoms with E-state index in [-0.39, 0.29) is 17.8 Å². The third kappa shape index (κ3) is 3.88. The summed E-state index contributed by atoms with van der Waals surface area (Å²) >= 11 is 1.53. The van der Waals surface area contributed by atoms with Crippen molar-refractivity contribution >= 4 is 11.3 Å². The molecule has 2 aromatic rings. The predicted molar refractivity (Wildman–Crippen MR) is 82.3 cm³/mol. The SMILES string of the molecule is CC(C)C(O)CNCc1ccc(F)c(-c2cccs2)c1. The molecule has 1 atom stereocenters. The Morgan fingerprint density at radius 3 is 2.75 bits per heavy atom. The fourth-order valence-electron chi connectivity index (χ4n) is 1.90. The van der Waals surface area contributed by atoms with Gasteiger partial charge in [-0.1, -0.05) is 26.0 Å². The van der Waals surface area contributed by atoms with Gasteiger partial charge in [-0.15, -0.1) is 11.3 Å². The molecule has 108 valence electrons. The normalized spacial score (nSPS) is 12.8. The first kappa shape index (κ1) is 15.2. The van der Waals surface area contributed by atoms with Gasteiger partial charge in [-0.05, 0) is 35.1 Å². The van der Waals surface area contributed by atoms with E-state index in [9.17, 15) is 9.50 Å². The first-order chi connectivity index (χ1) is 9.58. The Balaban J connectivity index is 2.01. The van der Waals surface area contributed by atoms with Crippen molar-refractivity contribution in [1.82, 2.24) is 5.32 Å². The molecule has 0 bridgehead atoms. The predicted octanol–water partition coefficient (Wildman–Crippen LogP) is 3.66. The van der Waals surface area contributed by atoms with Gasteiger partial charge in [-0.3, -0.25) is 0 Å². The van der Waals surface area contributed by atoms with Gasteiger partial charge in [-0.25, -0.2) is 4.39 Å². The van der Waals surface area contributed by atoms with Crippen LogP contribution in [0.25, 0.3) is 10.4 Å². The summed E-state index contributed by atoms with van der Waals surface area (Å²) in [5.41, 5.74) is 1.66. The topological polar surface area (TPSA) is 32.3 Å². The molecule has 20 heavy (non-hydrogen) atoms. The van der Waals surface area contributed by atoms with Crippen LogP contribution >= 0.6 is 11.3 Å². The van der Waals surface area contributed by atoms with Gasteiger partial charge in [0.15, 0.2) is 0 Å². The van der Waals surface area contributed by atoms with Crippen molar-refractivity contribution in [2.45, 2.75) is 26.5 Å². The lowest BCUT2D eigenvalue weighted by Crippen LogP contribution is -2.30. The van der Waals surface area contributed by atoms with E-state index in [1.54, 1.807) is 6.07 Å². The van der Waals surface area contributed by atoms with Crippen LogP contribution in [0.15, 0.2) is 35.7 Å². The fourth-order valence-corrected chi connectivity index (χ4v) is 2.65. The standard InChI is InChI=1S/C16H20FNOS/c1-11(2)15(19)10-18-9-12-5-6-14(17)13(8-12)16-4-3-7-20-16/h3-8,11,15,18-19H,9-10H2,1-2H3. The molecular weight excluding hydrogens is 273 g/mol. The Morgan fingerprint density at radius 1 is 1.30 bits per heavy atom. The van der Waals surface area contributed by atoms with Crippen LogP contribution in [-0.2, 0) is 6.54 Å². The van der Waals surface area contributed by atoms with Gasteiger partial charge in [0, 0.05) is 23.5 Å². The molecule has 0 fully saturated rings. The number of thiophene rings is 1. The summed E-state index contributed by atoms with van der Waals surface area (Å²) in [4.78, 5) is 0.937. The second-order valence-corrected chi connectivity index (χ2v) is 6.18. The summed E-state index contributed by atoms with van der Waals surface area (Å²) in [6, 6.07) is 8.99. The molecule has 0 radical (unpaired) electrons. The number of hydrogen-bond donors (Lipinski definition) is 2. The van der Waals surface area contributed by atoms with Crippen LogP contribution in [0.2, 0.25) is 0 Å². The van der Waals surface area contributed by atoms with Gasteiger partial charge >= 0.3 is 0 Å². The van der Waals surface area contributed by atoms with E-state index in [0.29, 0.717) is 18.7 Å². The summed E-state index contributed by atoms with van der Waals surface area (Å²) in [5, 5.41) is 14.9. The minimum absolute atomic E-state index is 0.196. The summed E-state index contributed by atoms with van der Waals surface area (Å²) < 4.78 is 13.8. The Hall–Kier alpha value is -1.23. The molecule has 2 N–H and O–H groups in total. The third-order valence-electron chi connectivity index (χ3n) is 3.27. The maximum absolute atomic E-state index is 13.8.